The molecule has 0 saturated heterocycles. The molecule has 1 aromatic carbocycles. The zero-order chi connectivity index (χ0) is 16.6. The van der Waals surface area contributed by atoms with Crippen molar-refractivity contribution in [3.63, 3.8) is 0 Å². The minimum atomic E-state index is -0.391. The maximum Gasteiger partial charge on any atom is 0.283 e. The smallest absolute Gasteiger partial charge is 0.283 e. The van der Waals surface area contributed by atoms with Gasteiger partial charge in [-0.3, -0.25) is 10.2 Å². The zero-order valence-corrected chi connectivity index (χ0v) is 14.0. The first-order valence-corrected chi connectivity index (χ1v) is 8.07. The first kappa shape index (κ1) is 15.5. The van der Waals surface area contributed by atoms with Crippen LogP contribution >= 0.6 is 11.8 Å². The Balaban J connectivity index is 1.92. The highest BCUT2D eigenvalue weighted by atomic mass is 32.2. The first-order valence-electron chi connectivity index (χ1n) is 7.26. The topological polar surface area (TPSA) is 72.1 Å². The molecule has 3 rings (SSSR count). The summed E-state index contributed by atoms with van der Waals surface area (Å²) in [6.07, 6.45) is 2.45. The number of hydrazone groups is 1. The van der Waals surface area contributed by atoms with E-state index in [0.717, 1.165) is 22.7 Å². The third-order valence-corrected chi connectivity index (χ3v) is 4.57. The third-order valence-electron chi connectivity index (χ3n) is 3.52. The summed E-state index contributed by atoms with van der Waals surface area (Å²) < 4.78 is 0. The minimum Gasteiger partial charge on any atom is -0.378 e. The second-order valence-electron chi connectivity index (χ2n) is 5.35. The van der Waals surface area contributed by atoms with Crippen molar-refractivity contribution in [2.24, 2.45) is 10.1 Å². The standard InChI is InChI=1S/C16H17N5OS/c1-4-13-19-21-14(17)12(15(22)18-16(21)23-13)9-10-5-7-11(8-6-10)20(2)3/h5-9,17H,4H2,1-3H3/b12-9+,17-14?. The average molecular weight is 327 g/mol. The lowest BCUT2D eigenvalue weighted by Gasteiger charge is -2.20. The fourth-order valence-electron chi connectivity index (χ4n) is 2.21. The predicted molar refractivity (Wildman–Crippen MR) is 96.1 cm³/mol. The number of carbonyl (C=O) groups is 1. The van der Waals surface area contributed by atoms with Crippen molar-refractivity contribution in [1.82, 2.24) is 5.01 Å². The Hall–Kier alpha value is -2.41. The molecule has 6 nitrogen and oxygen atoms in total. The van der Waals surface area contributed by atoms with Gasteiger partial charge in [0.2, 0.25) is 5.17 Å². The lowest BCUT2D eigenvalue weighted by Crippen LogP contribution is -2.35. The first-order chi connectivity index (χ1) is 11.0. The molecule has 2 aliphatic heterocycles. The van der Waals surface area contributed by atoms with Gasteiger partial charge in [0.25, 0.3) is 5.91 Å². The highest BCUT2D eigenvalue weighted by molar-refractivity contribution is 8.26. The van der Waals surface area contributed by atoms with Crippen molar-refractivity contribution >= 4 is 45.5 Å². The number of benzene rings is 1. The van der Waals surface area contributed by atoms with E-state index in [9.17, 15) is 4.79 Å². The third kappa shape index (κ3) is 2.92. The van der Waals surface area contributed by atoms with Crippen LogP contribution in [-0.2, 0) is 4.79 Å². The van der Waals surface area contributed by atoms with Crippen LogP contribution in [0.15, 0.2) is 39.9 Å². The molecule has 0 atom stereocenters. The second kappa shape index (κ2) is 6.00. The summed E-state index contributed by atoms with van der Waals surface area (Å²) in [4.78, 5) is 18.3. The fraction of sp³-hybridized carbons (Fsp3) is 0.250. The number of fused-ring (bicyclic) bond motifs is 1. The van der Waals surface area contributed by atoms with Crippen LogP contribution in [0.1, 0.15) is 18.9 Å². The Bertz CT molecular complexity index is 761. The van der Waals surface area contributed by atoms with Crippen LogP contribution in [0.4, 0.5) is 5.69 Å². The van der Waals surface area contributed by atoms with Crippen LogP contribution in [0, 0.1) is 5.41 Å². The minimum absolute atomic E-state index is 0.0765. The monoisotopic (exact) mass is 327 g/mol. The van der Waals surface area contributed by atoms with Gasteiger partial charge in [0, 0.05) is 19.8 Å². The van der Waals surface area contributed by atoms with Crippen molar-refractivity contribution in [3.8, 4) is 0 Å². The van der Waals surface area contributed by atoms with Crippen LogP contribution in [0.3, 0.4) is 0 Å². The number of amidine groups is 2. The molecule has 0 bridgehead atoms. The van der Waals surface area contributed by atoms with E-state index >= 15 is 0 Å². The molecule has 0 saturated carbocycles. The van der Waals surface area contributed by atoms with Gasteiger partial charge in [-0.15, -0.1) is 0 Å². The van der Waals surface area contributed by atoms with Crippen molar-refractivity contribution < 1.29 is 4.79 Å². The lowest BCUT2D eigenvalue weighted by atomic mass is 10.1. The Morgan fingerprint density at radius 1 is 1.30 bits per heavy atom. The Labute approximate surface area is 139 Å². The number of anilines is 1. The van der Waals surface area contributed by atoms with E-state index in [1.165, 1.54) is 16.8 Å². The molecule has 2 heterocycles. The normalized spacial score (nSPS) is 18.9. The summed E-state index contributed by atoms with van der Waals surface area (Å²) in [5.74, 6) is -0.314. The van der Waals surface area contributed by atoms with E-state index in [-0.39, 0.29) is 11.4 Å². The highest BCUT2D eigenvalue weighted by Gasteiger charge is 2.34. The summed E-state index contributed by atoms with van der Waals surface area (Å²) in [6, 6.07) is 7.78. The van der Waals surface area contributed by atoms with Gasteiger partial charge in [0.05, 0.1) is 5.57 Å². The fourth-order valence-corrected chi connectivity index (χ4v) is 3.03. The van der Waals surface area contributed by atoms with Crippen LogP contribution in [-0.4, -0.2) is 41.1 Å². The van der Waals surface area contributed by atoms with E-state index in [0.29, 0.717) is 5.17 Å². The van der Waals surface area contributed by atoms with Gasteiger partial charge in [-0.25, -0.2) is 0 Å². The van der Waals surface area contributed by atoms with Crippen molar-refractivity contribution in [2.45, 2.75) is 13.3 Å². The van der Waals surface area contributed by atoms with E-state index in [1.54, 1.807) is 6.08 Å². The number of rotatable bonds is 3. The molecule has 0 aliphatic carbocycles. The maximum absolute atomic E-state index is 12.2. The number of aliphatic imine (C=N–C) groups is 1. The van der Waals surface area contributed by atoms with Crippen molar-refractivity contribution in [2.75, 3.05) is 19.0 Å². The molecular formula is C16H17N5OS. The molecule has 2 aliphatic rings. The summed E-state index contributed by atoms with van der Waals surface area (Å²) in [5.41, 5.74) is 2.19. The molecule has 0 radical (unpaired) electrons. The largest absolute Gasteiger partial charge is 0.378 e. The molecule has 1 N–H and O–H groups in total. The number of nitrogens with one attached hydrogen (secondary N) is 1. The summed E-state index contributed by atoms with van der Waals surface area (Å²) >= 11 is 1.35. The van der Waals surface area contributed by atoms with Gasteiger partial charge < -0.3 is 4.90 Å². The van der Waals surface area contributed by atoms with Gasteiger partial charge in [0.1, 0.15) is 5.04 Å². The molecule has 1 amide bonds. The van der Waals surface area contributed by atoms with Crippen LogP contribution in [0.5, 0.6) is 0 Å². The zero-order valence-electron chi connectivity index (χ0n) is 13.2. The number of hydrogen-bond acceptors (Lipinski definition) is 5. The number of thioether (sulfide) groups is 1. The van der Waals surface area contributed by atoms with E-state index in [2.05, 4.69) is 10.1 Å². The molecule has 7 heteroatoms. The van der Waals surface area contributed by atoms with Crippen LogP contribution < -0.4 is 4.90 Å². The van der Waals surface area contributed by atoms with Crippen molar-refractivity contribution in [3.05, 3.63) is 35.4 Å². The number of carbonyl (C=O) groups excluding carboxylic acids is 1. The van der Waals surface area contributed by atoms with Gasteiger partial charge >= 0.3 is 0 Å². The van der Waals surface area contributed by atoms with E-state index < -0.39 is 5.91 Å². The molecule has 1 aromatic rings. The lowest BCUT2D eigenvalue weighted by molar-refractivity contribution is -0.114. The number of hydrogen-bond donors (Lipinski definition) is 1. The molecule has 118 valence electrons. The molecule has 0 aromatic heterocycles. The number of amides is 1. The second-order valence-corrected chi connectivity index (χ2v) is 6.39. The Morgan fingerprint density at radius 2 is 2.00 bits per heavy atom. The molecular weight excluding hydrogens is 310 g/mol. The Morgan fingerprint density at radius 3 is 2.61 bits per heavy atom. The van der Waals surface area contributed by atoms with Gasteiger partial charge in [-0.2, -0.15) is 15.1 Å². The van der Waals surface area contributed by atoms with Crippen LogP contribution in [0.25, 0.3) is 6.08 Å². The van der Waals surface area contributed by atoms with E-state index in [4.69, 9.17) is 5.41 Å². The summed E-state index contributed by atoms with van der Waals surface area (Å²) in [6.45, 7) is 1.99. The quantitative estimate of drug-likeness (QED) is 0.867. The van der Waals surface area contributed by atoms with Gasteiger partial charge in [-0.05, 0) is 42.0 Å². The Kier molecular flexibility index (Phi) is 4.04. The van der Waals surface area contributed by atoms with Crippen LogP contribution in [0.2, 0.25) is 0 Å². The van der Waals surface area contributed by atoms with Gasteiger partial charge in [0.15, 0.2) is 5.84 Å². The molecule has 0 fully saturated rings. The maximum atomic E-state index is 12.2. The molecule has 0 unspecified atom stereocenters. The average Bonchev–Trinajstić information content (AvgIpc) is 2.95. The molecule has 0 spiro atoms. The summed E-state index contributed by atoms with van der Waals surface area (Å²) in [5, 5.41) is 15.4. The highest BCUT2D eigenvalue weighted by Crippen LogP contribution is 2.29. The van der Waals surface area contributed by atoms with Gasteiger partial charge in [-0.1, -0.05) is 19.1 Å². The van der Waals surface area contributed by atoms with E-state index in [1.807, 2.05) is 50.2 Å². The number of nitrogens with zero attached hydrogens (tertiary/aromatic N) is 4. The predicted octanol–water partition coefficient (Wildman–Crippen LogP) is 2.78. The SMILES string of the molecule is CCC1=NN2C(=N)/C(=C\c3ccc(N(C)C)cc3)C(=O)N=C2S1. The summed E-state index contributed by atoms with van der Waals surface area (Å²) in [7, 11) is 3.94. The molecule has 23 heavy (non-hydrogen) atoms. The van der Waals surface area contributed by atoms with Crippen molar-refractivity contribution in [1.29, 1.82) is 5.41 Å².